The Morgan fingerprint density at radius 3 is 2.50 bits per heavy atom. The largest absolute Gasteiger partial charge is 0.395 e. The second-order valence-corrected chi connectivity index (χ2v) is 7.19. The van der Waals surface area contributed by atoms with Crippen LogP contribution in [0.15, 0.2) is 42.5 Å². The molecule has 4 rings (SSSR count). The molecule has 152 valence electrons. The van der Waals surface area contributed by atoms with Crippen molar-refractivity contribution in [2.75, 3.05) is 23.4 Å². The van der Waals surface area contributed by atoms with Crippen molar-refractivity contribution in [2.24, 2.45) is 0 Å². The summed E-state index contributed by atoms with van der Waals surface area (Å²) in [7, 11) is 0. The maximum absolute atomic E-state index is 13.4. The van der Waals surface area contributed by atoms with Crippen molar-refractivity contribution in [2.45, 2.75) is 13.8 Å². The number of nitro benzene ring substituents is 1. The maximum Gasteiger partial charge on any atom is 0.293 e. The zero-order chi connectivity index (χ0) is 21.6. The minimum absolute atomic E-state index is 0.0933. The van der Waals surface area contributed by atoms with E-state index in [9.17, 15) is 19.7 Å². The van der Waals surface area contributed by atoms with Crippen molar-refractivity contribution in [3.8, 4) is 0 Å². The Kier molecular flexibility index (Phi) is 4.71. The van der Waals surface area contributed by atoms with Gasteiger partial charge in [-0.1, -0.05) is 24.3 Å². The summed E-state index contributed by atoms with van der Waals surface area (Å²) in [6, 6.07) is 11.5. The molecule has 3 aromatic carbocycles. The first-order valence-electron chi connectivity index (χ1n) is 9.40. The number of aliphatic hydroxyl groups excluding tert-OH is 1. The van der Waals surface area contributed by atoms with E-state index < -0.39 is 16.7 Å². The van der Waals surface area contributed by atoms with Crippen molar-refractivity contribution >= 4 is 39.6 Å². The molecule has 8 nitrogen and oxygen atoms in total. The second-order valence-electron chi connectivity index (χ2n) is 7.19. The monoisotopic (exact) mass is 405 g/mol. The fourth-order valence-corrected chi connectivity index (χ4v) is 3.84. The van der Waals surface area contributed by atoms with Crippen LogP contribution in [0.3, 0.4) is 0 Å². The van der Waals surface area contributed by atoms with Gasteiger partial charge in [-0.05, 0) is 37.1 Å². The lowest BCUT2D eigenvalue weighted by atomic mass is 9.91. The third kappa shape index (κ3) is 2.89. The number of nitrogens with one attached hydrogen (secondary N) is 1. The molecule has 0 bridgehead atoms. The van der Waals surface area contributed by atoms with E-state index in [1.54, 1.807) is 31.2 Å². The first-order chi connectivity index (χ1) is 14.3. The number of imide groups is 1. The Bertz CT molecular complexity index is 1240. The Hall–Kier alpha value is -3.78. The Labute approximate surface area is 171 Å². The average molecular weight is 405 g/mol. The van der Waals surface area contributed by atoms with Gasteiger partial charge in [0, 0.05) is 28.9 Å². The summed E-state index contributed by atoms with van der Waals surface area (Å²) in [4.78, 5) is 39.0. The van der Waals surface area contributed by atoms with Crippen LogP contribution in [0.5, 0.6) is 0 Å². The van der Waals surface area contributed by atoms with Crippen LogP contribution in [-0.4, -0.2) is 35.0 Å². The number of aliphatic hydroxyl groups is 1. The molecular formula is C22H19N3O5. The number of nitrogens with zero attached hydrogens (tertiary/aromatic N) is 2. The number of carbonyl (C=O) groups excluding carboxylic acids is 2. The predicted molar refractivity (Wildman–Crippen MR) is 113 cm³/mol. The standard InChI is InChI=1S/C22H19N3O5/c1-12-6-7-13(2)17(10-12)24-21(27)15-5-3-4-14-19(15)16(22(24)28)11-18(25(29)30)20(14)23-8-9-26/h3-7,10-11,23,26H,8-9H2,1-2H3. The third-order valence-corrected chi connectivity index (χ3v) is 5.22. The van der Waals surface area contributed by atoms with Crippen molar-refractivity contribution < 1.29 is 19.6 Å². The number of hydrogen-bond donors (Lipinski definition) is 2. The summed E-state index contributed by atoms with van der Waals surface area (Å²) in [5, 5.41) is 24.5. The number of benzene rings is 3. The van der Waals surface area contributed by atoms with E-state index in [0.717, 1.165) is 16.0 Å². The molecule has 0 atom stereocenters. The van der Waals surface area contributed by atoms with Crippen LogP contribution in [0.25, 0.3) is 10.8 Å². The molecule has 0 unspecified atom stereocenters. The number of hydrogen-bond acceptors (Lipinski definition) is 6. The van der Waals surface area contributed by atoms with Gasteiger partial charge in [-0.25, -0.2) is 4.90 Å². The van der Waals surface area contributed by atoms with Gasteiger partial charge in [-0.15, -0.1) is 0 Å². The van der Waals surface area contributed by atoms with E-state index >= 15 is 0 Å². The fourth-order valence-electron chi connectivity index (χ4n) is 3.84. The number of anilines is 2. The average Bonchev–Trinajstić information content (AvgIpc) is 2.72. The SMILES string of the molecule is Cc1ccc(C)c(N2C(=O)c3cccc4c(NCCO)c([N+](=O)[O-])cc(c34)C2=O)c1. The highest BCUT2D eigenvalue weighted by Gasteiger charge is 2.37. The molecule has 0 radical (unpaired) electrons. The number of rotatable bonds is 5. The van der Waals surface area contributed by atoms with Crippen LogP contribution in [0.2, 0.25) is 0 Å². The summed E-state index contributed by atoms with van der Waals surface area (Å²) in [5.41, 5.74) is 2.37. The summed E-state index contributed by atoms with van der Waals surface area (Å²) in [6.45, 7) is 3.53. The van der Waals surface area contributed by atoms with Gasteiger partial charge < -0.3 is 10.4 Å². The molecule has 1 heterocycles. The molecule has 1 aliphatic rings. The summed E-state index contributed by atoms with van der Waals surface area (Å²) < 4.78 is 0. The Morgan fingerprint density at radius 2 is 1.80 bits per heavy atom. The van der Waals surface area contributed by atoms with Crippen LogP contribution < -0.4 is 10.2 Å². The van der Waals surface area contributed by atoms with Gasteiger partial charge in [0.25, 0.3) is 17.5 Å². The summed E-state index contributed by atoms with van der Waals surface area (Å²) >= 11 is 0. The number of amides is 2. The summed E-state index contributed by atoms with van der Waals surface area (Å²) in [5.74, 6) is -1.08. The Morgan fingerprint density at radius 1 is 1.07 bits per heavy atom. The first kappa shape index (κ1) is 19.5. The normalized spacial score (nSPS) is 13.1. The Balaban J connectivity index is 2.02. The fraction of sp³-hybridized carbons (Fsp3) is 0.182. The van der Waals surface area contributed by atoms with Crippen LogP contribution in [0, 0.1) is 24.0 Å². The van der Waals surface area contributed by atoms with E-state index in [0.29, 0.717) is 22.0 Å². The van der Waals surface area contributed by atoms with E-state index in [4.69, 9.17) is 5.11 Å². The van der Waals surface area contributed by atoms with E-state index in [2.05, 4.69) is 5.32 Å². The molecule has 0 aliphatic carbocycles. The molecule has 3 aromatic rings. The topological polar surface area (TPSA) is 113 Å². The van der Waals surface area contributed by atoms with E-state index in [-0.39, 0.29) is 30.1 Å². The predicted octanol–water partition coefficient (Wildman–Crippen LogP) is 3.57. The zero-order valence-corrected chi connectivity index (χ0v) is 16.4. The van der Waals surface area contributed by atoms with Gasteiger partial charge in [0.1, 0.15) is 5.69 Å². The number of carbonyl (C=O) groups is 2. The lowest BCUT2D eigenvalue weighted by molar-refractivity contribution is -0.383. The molecule has 0 aromatic heterocycles. The van der Waals surface area contributed by atoms with Crippen LogP contribution in [0.1, 0.15) is 31.8 Å². The molecule has 30 heavy (non-hydrogen) atoms. The van der Waals surface area contributed by atoms with Gasteiger partial charge in [0.15, 0.2) is 0 Å². The minimum atomic E-state index is -0.603. The molecule has 0 saturated heterocycles. The molecule has 2 N–H and O–H groups in total. The van der Waals surface area contributed by atoms with Gasteiger partial charge in [0.2, 0.25) is 0 Å². The highest BCUT2D eigenvalue weighted by molar-refractivity contribution is 6.37. The van der Waals surface area contributed by atoms with E-state index in [1.165, 1.54) is 6.07 Å². The van der Waals surface area contributed by atoms with Gasteiger partial charge in [-0.3, -0.25) is 19.7 Å². The molecule has 2 amide bonds. The molecule has 0 spiro atoms. The molecule has 1 aliphatic heterocycles. The highest BCUT2D eigenvalue weighted by Crippen LogP contribution is 2.41. The van der Waals surface area contributed by atoms with E-state index in [1.807, 2.05) is 19.1 Å². The van der Waals surface area contributed by atoms with Crippen molar-refractivity contribution in [3.05, 3.63) is 74.8 Å². The molecule has 8 heteroatoms. The molecular weight excluding hydrogens is 386 g/mol. The lowest BCUT2D eigenvalue weighted by Gasteiger charge is -2.29. The summed E-state index contributed by atoms with van der Waals surface area (Å²) in [6.07, 6.45) is 0. The van der Waals surface area contributed by atoms with Crippen molar-refractivity contribution in [3.63, 3.8) is 0 Å². The maximum atomic E-state index is 13.4. The zero-order valence-electron chi connectivity index (χ0n) is 16.4. The van der Waals surface area contributed by atoms with Gasteiger partial charge in [-0.2, -0.15) is 0 Å². The lowest BCUT2D eigenvalue weighted by Crippen LogP contribution is -2.41. The second kappa shape index (κ2) is 7.23. The minimum Gasteiger partial charge on any atom is -0.395 e. The first-order valence-corrected chi connectivity index (χ1v) is 9.40. The quantitative estimate of drug-likeness (QED) is 0.381. The third-order valence-electron chi connectivity index (χ3n) is 5.22. The molecule has 0 fully saturated rings. The van der Waals surface area contributed by atoms with Crippen LogP contribution in [-0.2, 0) is 0 Å². The van der Waals surface area contributed by atoms with Crippen LogP contribution in [0.4, 0.5) is 17.1 Å². The van der Waals surface area contributed by atoms with Gasteiger partial charge >= 0.3 is 0 Å². The van der Waals surface area contributed by atoms with Crippen molar-refractivity contribution in [1.82, 2.24) is 0 Å². The highest BCUT2D eigenvalue weighted by atomic mass is 16.6. The van der Waals surface area contributed by atoms with Crippen molar-refractivity contribution in [1.29, 1.82) is 0 Å². The number of nitro groups is 1. The number of aryl methyl sites for hydroxylation is 2. The smallest absolute Gasteiger partial charge is 0.293 e. The molecule has 0 saturated carbocycles. The van der Waals surface area contributed by atoms with Gasteiger partial charge in [0.05, 0.1) is 22.8 Å². The van der Waals surface area contributed by atoms with Crippen LogP contribution >= 0.6 is 0 Å².